The minimum atomic E-state index is -0.317. The zero-order valence-corrected chi connectivity index (χ0v) is 10.9. The molecule has 1 aromatic rings. The van der Waals surface area contributed by atoms with Crippen LogP contribution < -0.4 is 5.73 Å². The van der Waals surface area contributed by atoms with Gasteiger partial charge in [0, 0.05) is 31.7 Å². The van der Waals surface area contributed by atoms with Gasteiger partial charge in [0.15, 0.2) is 0 Å². The normalized spacial score (nSPS) is 16.9. The number of carbonyl (C=O) groups excluding carboxylic acids is 2. The summed E-state index contributed by atoms with van der Waals surface area (Å²) in [6.07, 6.45) is 0.867. The van der Waals surface area contributed by atoms with Crippen LogP contribution in [0.5, 0.6) is 0 Å². The lowest BCUT2D eigenvalue weighted by molar-refractivity contribution is -0.119. The van der Waals surface area contributed by atoms with Crippen molar-refractivity contribution in [2.75, 3.05) is 32.7 Å². The number of nitrogens with zero attached hydrogens (tertiary/aromatic N) is 2. The molecule has 5 heteroatoms. The fraction of sp³-hybridized carbons (Fsp3) is 0.429. The summed E-state index contributed by atoms with van der Waals surface area (Å²) in [7, 11) is 0. The van der Waals surface area contributed by atoms with Gasteiger partial charge in [0.25, 0.3) is 5.91 Å². The van der Waals surface area contributed by atoms with E-state index in [0.717, 1.165) is 19.5 Å². The first-order valence-corrected chi connectivity index (χ1v) is 6.52. The molecule has 5 nitrogen and oxygen atoms in total. The maximum Gasteiger partial charge on any atom is 0.253 e. The Morgan fingerprint density at radius 1 is 1.05 bits per heavy atom. The van der Waals surface area contributed by atoms with Gasteiger partial charge in [-0.25, -0.2) is 0 Å². The van der Waals surface area contributed by atoms with Gasteiger partial charge in [-0.05, 0) is 18.6 Å². The third-order valence-electron chi connectivity index (χ3n) is 3.28. The second-order valence-corrected chi connectivity index (χ2v) is 4.75. The summed E-state index contributed by atoms with van der Waals surface area (Å²) in [5.74, 6) is -0.260. The SMILES string of the molecule is NC(=O)CN1CCCN(C(=O)c2ccccc2)CC1. The van der Waals surface area contributed by atoms with Gasteiger partial charge in [0.05, 0.1) is 6.54 Å². The van der Waals surface area contributed by atoms with Crippen LogP contribution in [0.15, 0.2) is 30.3 Å². The fourth-order valence-electron chi connectivity index (χ4n) is 2.32. The summed E-state index contributed by atoms with van der Waals surface area (Å²) < 4.78 is 0. The van der Waals surface area contributed by atoms with Gasteiger partial charge < -0.3 is 10.6 Å². The maximum atomic E-state index is 12.3. The van der Waals surface area contributed by atoms with E-state index in [9.17, 15) is 9.59 Å². The van der Waals surface area contributed by atoms with E-state index in [1.807, 2.05) is 40.1 Å². The van der Waals surface area contributed by atoms with E-state index in [2.05, 4.69) is 0 Å². The van der Waals surface area contributed by atoms with E-state index < -0.39 is 0 Å². The van der Waals surface area contributed by atoms with E-state index in [0.29, 0.717) is 18.7 Å². The molecule has 0 bridgehead atoms. The van der Waals surface area contributed by atoms with Crippen LogP contribution in [0.1, 0.15) is 16.8 Å². The first-order chi connectivity index (χ1) is 9.16. The van der Waals surface area contributed by atoms with Crippen molar-refractivity contribution in [3.63, 3.8) is 0 Å². The van der Waals surface area contributed by atoms with Gasteiger partial charge in [-0.15, -0.1) is 0 Å². The number of nitrogens with two attached hydrogens (primary N) is 1. The van der Waals surface area contributed by atoms with Crippen LogP contribution >= 0.6 is 0 Å². The Morgan fingerprint density at radius 3 is 2.47 bits per heavy atom. The van der Waals surface area contributed by atoms with Crippen molar-refractivity contribution >= 4 is 11.8 Å². The molecule has 19 heavy (non-hydrogen) atoms. The highest BCUT2D eigenvalue weighted by molar-refractivity contribution is 5.94. The van der Waals surface area contributed by atoms with Gasteiger partial charge in [0.1, 0.15) is 0 Å². The summed E-state index contributed by atoms with van der Waals surface area (Å²) >= 11 is 0. The lowest BCUT2D eigenvalue weighted by Crippen LogP contribution is -2.38. The number of hydrogen-bond donors (Lipinski definition) is 1. The van der Waals surface area contributed by atoms with E-state index in [-0.39, 0.29) is 18.4 Å². The van der Waals surface area contributed by atoms with Gasteiger partial charge in [-0.3, -0.25) is 14.5 Å². The van der Waals surface area contributed by atoms with Crippen LogP contribution in [-0.2, 0) is 4.79 Å². The van der Waals surface area contributed by atoms with E-state index in [1.165, 1.54) is 0 Å². The number of hydrogen-bond acceptors (Lipinski definition) is 3. The summed E-state index contributed by atoms with van der Waals surface area (Å²) in [5, 5.41) is 0. The zero-order valence-electron chi connectivity index (χ0n) is 10.9. The number of rotatable bonds is 3. The molecule has 0 radical (unpaired) electrons. The predicted octanol–water partition coefficient (Wildman–Crippen LogP) is 0.320. The highest BCUT2D eigenvalue weighted by Gasteiger charge is 2.20. The lowest BCUT2D eigenvalue weighted by atomic mass is 10.2. The van der Waals surface area contributed by atoms with Crippen LogP contribution in [0.25, 0.3) is 0 Å². The van der Waals surface area contributed by atoms with Crippen LogP contribution in [-0.4, -0.2) is 54.3 Å². The number of primary amides is 1. The largest absolute Gasteiger partial charge is 0.369 e. The lowest BCUT2D eigenvalue weighted by Gasteiger charge is -2.21. The third-order valence-corrected chi connectivity index (χ3v) is 3.28. The molecule has 1 aliphatic heterocycles. The Kier molecular flexibility index (Phi) is 4.52. The van der Waals surface area contributed by atoms with Crippen molar-refractivity contribution in [3.8, 4) is 0 Å². The molecular formula is C14H19N3O2. The minimum Gasteiger partial charge on any atom is -0.369 e. The Bertz CT molecular complexity index is 447. The first-order valence-electron chi connectivity index (χ1n) is 6.52. The molecule has 1 heterocycles. The molecule has 2 N–H and O–H groups in total. The van der Waals surface area contributed by atoms with Gasteiger partial charge in [-0.1, -0.05) is 18.2 Å². The van der Waals surface area contributed by atoms with Crippen molar-refractivity contribution in [2.24, 2.45) is 5.73 Å². The molecule has 1 aliphatic rings. The van der Waals surface area contributed by atoms with Crippen molar-refractivity contribution in [1.29, 1.82) is 0 Å². The Hall–Kier alpha value is -1.88. The highest BCUT2D eigenvalue weighted by atomic mass is 16.2. The average Bonchev–Trinajstić information content (AvgIpc) is 2.64. The van der Waals surface area contributed by atoms with Crippen molar-refractivity contribution in [2.45, 2.75) is 6.42 Å². The van der Waals surface area contributed by atoms with Crippen molar-refractivity contribution < 1.29 is 9.59 Å². The van der Waals surface area contributed by atoms with Crippen LogP contribution in [0.2, 0.25) is 0 Å². The molecule has 1 aromatic carbocycles. The molecule has 0 aromatic heterocycles. The topological polar surface area (TPSA) is 66.6 Å². The fourth-order valence-corrected chi connectivity index (χ4v) is 2.32. The Balaban J connectivity index is 1.96. The van der Waals surface area contributed by atoms with E-state index >= 15 is 0 Å². The molecule has 102 valence electrons. The molecule has 0 spiro atoms. The van der Waals surface area contributed by atoms with Gasteiger partial charge >= 0.3 is 0 Å². The van der Waals surface area contributed by atoms with Crippen molar-refractivity contribution in [3.05, 3.63) is 35.9 Å². The zero-order chi connectivity index (χ0) is 13.7. The van der Waals surface area contributed by atoms with Crippen molar-refractivity contribution in [1.82, 2.24) is 9.80 Å². The summed E-state index contributed by atoms with van der Waals surface area (Å²) in [5.41, 5.74) is 5.91. The molecule has 0 aliphatic carbocycles. The van der Waals surface area contributed by atoms with Crippen LogP contribution in [0.3, 0.4) is 0 Å². The van der Waals surface area contributed by atoms with Crippen LogP contribution in [0.4, 0.5) is 0 Å². The molecule has 1 fully saturated rings. The smallest absolute Gasteiger partial charge is 0.253 e. The maximum absolute atomic E-state index is 12.3. The molecule has 2 rings (SSSR count). The van der Waals surface area contributed by atoms with Gasteiger partial charge in [0.2, 0.25) is 5.91 Å². The second kappa shape index (κ2) is 6.33. The molecule has 0 atom stereocenters. The predicted molar refractivity (Wildman–Crippen MR) is 72.6 cm³/mol. The Morgan fingerprint density at radius 2 is 1.79 bits per heavy atom. The van der Waals surface area contributed by atoms with E-state index in [4.69, 9.17) is 5.73 Å². The molecule has 2 amide bonds. The standard InChI is InChI=1S/C14H19N3O2/c15-13(18)11-16-7-4-8-17(10-9-16)14(19)12-5-2-1-3-6-12/h1-3,5-6H,4,7-11H2,(H2,15,18). The summed E-state index contributed by atoms with van der Waals surface area (Å²) in [6, 6.07) is 9.28. The summed E-state index contributed by atoms with van der Waals surface area (Å²) in [6.45, 7) is 3.14. The number of carbonyl (C=O) groups is 2. The quantitative estimate of drug-likeness (QED) is 0.852. The number of benzene rings is 1. The molecule has 0 saturated carbocycles. The minimum absolute atomic E-state index is 0.0570. The monoisotopic (exact) mass is 261 g/mol. The average molecular weight is 261 g/mol. The second-order valence-electron chi connectivity index (χ2n) is 4.75. The molecule has 1 saturated heterocycles. The molecule has 0 unspecified atom stereocenters. The van der Waals surface area contributed by atoms with Crippen LogP contribution in [0, 0.1) is 0 Å². The molecular weight excluding hydrogens is 242 g/mol. The van der Waals surface area contributed by atoms with E-state index in [1.54, 1.807) is 0 Å². The Labute approximate surface area is 113 Å². The van der Waals surface area contributed by atoms with Gasteiger partial charge in [-0.2, -0.15) is 0 Å². The third kappa shape index (κ3) is 3.79. The highest BCUT2D eigenvalue weighted by Crippen LogP contribution is 2.08. The first kappa shape index (κ1) is 13.5. The summed E-state index contributed by atoms with van der Waals surface area (Å²) in [4.78, 5) is 27.1. The number of amides is 2.